The summed E-state index contributed by atoms with van der Waals surface area (Å²) in [5, 5.41) is -27.0. The van der Waals surface area contributed by atoms with Gasteiger partial charge >= 0.3 is 32.4 Å². The SMILES string of the molecule is Fc1c(F)c(F)c2c([B-](c3c(F)c(F)c(F)c4c(F)c(F)c(F)c(F)c34)(c3c(F)c(F)c(F)c4c(F)c(F)c(F)c(F)c34)c3c(F)c(F)c(F)c4c(F)c(F)c(F)c(F)c34)c(F)c(F)c(F)c2c1F.[Mg+][Br]. The normalized spacial score (nSPS) is 12.1. The second-order valence-corrected chi connectivity index (χ2v) is 14.3. The van der Waals surface area contributed by atoms with Gasteiger partial charge in [0.15, 0.2) is 140 Å². The molecular formula is C40BBrF28Mg. The molecule has 0 heterocycles. The quantitative estimate of drug-likeness (QED) is 0.0713. The van der Waals surface area contributed by atoms with Gasteiger partial charge in [-0.2, -0.15) is 0 Å². The van der Waals surface area contributed by atoms with Gasteiger partial charge in [0, 0.05) is 0 Å². The van der Waals surface area contributed by atoms with E-state index >= 15 is 105 Å². The van der Waals surface area contributed by atoms with Gasteiger partial charge < -0.3 is 0 Å². The number of hydrogen-bond donors (Lipinski definition) is 0. The van der Waals surface area contributed by atoms with E-state index in [0.717, 1.165) is 0 Å². The van der Waals surface area contributed by atoms with Gasteiger partial charge in [-0.25, -0.2) is 123 Å². The molecule has 0 aliphatic heterocycles. The summed E-state index contributed by atoms with van der Waals surface area (Å²) in [5.41, 5.74) is -15.5. The van der Waals surface area contributed by atoms with Crippen molar-refractivity contribution in [3.8, 4) is 0 Å². The number of hydrogen-bond acceptors (Lipinski definition) is 0. The Hall–Kier alpha value is -5.85. The van der Waals surface area contributed by atoms with Crippen molar-refractivity contribution in [3.05, 3.63) is 163 Å². The third-order valence-electron chi connectivity index (χ3n) is 11.2. The van der Waals surface area contributed by atoms with Gasteiger partial charge in [-0.1, -0.05) is 0 Å². The van der Waals surface area contributed by atoms with Crippen LogP contribution in [-0.2, 0) is 0 Å². The summed E-state index contributed by atoms with van der Waals surface area (Å²) in [5.74, 6) is -104. The summed E-state index contributed by atoms with van der Waals surface area (Å²) < 4.78 is 446. The van der Waals surface area contributed by atoms with Crippen molar-refractivity contribution in [1.82, 2.24) is 0 Å². The van der Waals surface area contributed by atoms with Crippen LogP contribution in [-0.4, -0.2) is 25.7 Å². The van der Waals surface area contributed by atoms with Gasteiger partial charge in [0.1, 0.15) is 29.4 Å². The van der Waals surface area contributed by atoms with Gasteiger partial charge in [-0.15, -0.1) is 21.9 Å². The predicted octanol–water partition coefficient (Wildman–Crippen LogP) is 12.0. The van der Waals surface area contributed by atoms with Crippen LogP contribution in [0.15, 0.2) is 0 Å². The van der Waals surface area contributed by atoms with Crippen molar-refractivity contribution in [3.63, 3.8) is 0 Å². The van der Waals surface area contributed by atoms with Crippen LogP contribution >= 0.6 is 12.9 Å². The summed E-state index contributed by atoms with van der Waals surface area (Å²) in [6, 6.07) is 0. The molecule has 8 rings (SSSR count). The molecule has 368 valence electrons. The first-order valence-corrected chi connectivity index (χ1v) is 21.6. The van der Waals surface area contributed by atoms with Crippen LogP contribution in [0.3, 0.4) is 0 Å². The molecule has 0 bridgehead atoms. The molecule has 0 spiro atoms. The second-order valence-electron chi connectivity index (χ2n) is 14.3. The van der Waals surface area contributed by atoms with Gasteiger partial charge in [-0.05, 0) is 21.5 Å². The first kappa shape index (κ1) is 53.0. The summed E-state index contributed by atoms with van der Waals surface area (Å²) in [6.07, 6.45) is -8.05. The predicted molar refractivity (Wildman–Crippen MR) is 194 cm³/mol. The van der Waals surface area contributed by atoms with Crippen molar-refractivity contribution < 1.29 is 123 Å². The molecule has 0 amide bonds. The molecule has 71 heavy (non-hydrogen) atoms. The zero-order valence-corrected chi connectivity index (χ0v) is 35.2. The summed E-state index contributed by atoms with van der Waals surface area (Å²) >= 11 is 4.64. The van der Waals surface area contributed by atoms with Crippen molar-refractivity contribution in [2.24, 2.45) is 0 Å². The van der Waals surface area contributed by atoms with Crippen LogP contribution in [0.25, 0.3) is 43.1 Å². The molecule has 0 aliphatic carbocycles. The molecule has 0 aliphatic rings. The monoisotopic (exact) mass is 1130 g/mol. The first-order valence-electron chi connectivity index (χ1n) is 17.7. The van der Waals surface area contributed by atoms with Crippen molar-refractivity contribution >= 4 is 104 Å². The van der Waals surface area contributed by atoms with Crippen LogP contribution in [0, 0.1) is 163 Å². The molecular weight excluding hydrogens is 1130 g/mol. The van der Waals surface area contributed by atoms with Crippen LogP contribution < -0.4 is 21.9 Å². The van der Waals surface area contributed by atoms with E-state index in [2.05, 4.69) is 12.9 Å². The molecule has 8 aromatic rings. The molecule has 0 saturated carbocycles. The fourth-order valence-corrected chi connectivity index (χ4v) is 8.59. The zero-order chi connectivity index (χ0) is 53.6. The Morgan fingerprint density at radius 3 is 0.380 bits per heavy atom. The summed E-state index contributed by atoms with van der Waals surface area (Å²) in [4.78, 5) is 0. The van der Waals surface area contributed by atoms with Gasteiger partial charge in [0.25, 0.3) is 0 Å². The van der Waals surface area contributed by atoms with Gasteiger partial charge in [-0.3, -0.25) is 0 Å². The summed E-state index contributed by atoms with van der Waals surface area (Å²) in [7, 11) is 0. The Labute approximate surface area is 388 Å². The number of rotatable bonds is 4. The van der Waals surface area contributed by atoms with Crippen molar-refractivity contribution in [2.45, 2.75) is 0 Å². The van der Waals surface area contributed by atoms with E-state index in [9.17, 15) is 17.6 Å². The minimum absolute atomic E-state index is 1.67. The fourth-order valence-electron chi connectivity index (χ4n) is 8.59. The van der Waals surface area contributed by atoms with Crippen LogP contribution in [0.2, 0.25) is 0 Å². The fraction of sp³-hybridized carbons (Fsp3) is 0. The van der Waals surface area contributed by atoms with Gasteiger partial charge in [0.05, 0.1) is 21.5 Å². The molecule has 0 aromatic heterocycles. The Kier molecular flexibility index (Phi) is 13.2. The molecule has 0 nitrogen and oxygen atoms in total. The molecule has 0 radical (unpaired) electrons. The van der Waals surface area contributed by atoms with Crippen molar-refractivity contribution in [1.29, 1.82) is 0 Å². The molecule has 8 aromatic carbocycles. The Bertz CT molecular complexity index is 3260. The third-order valence-corrected chi connectivity index (χ3v) is 11.2. The standard InChI is InChI=1S/C40BF28.BrH.Mg/c42-13-1-5(21(50)37(66)33(13)62)17(46)29(58)25(54)9(1)41(10-2-6(18(47)30(59)26(10)55)22(51)38(67)34(63)14(2)43,11-3-7(19(48)31(60)27(11)56)23(52)39(68)35(64)15(3)44)12-4-8(20(49)32(61)28(12)57)24(53)40(69)36(65)16(4)45;;/h;1H;/q-1;;+2/p-1. The van der Waals surface area contributed by atoms with Crippen LogP contribution in [0.5, 0.6) is 0 Å². The zero-order valence-electron chi connectivity index (χ0n) is 32.2. The van der Waals surface area contributed by atoms with E-state index in [1.807, 2.05) is 0 Å². The molecule has 0 N–H and O–H groups in total. The molecule has 0 unspecified atom stereocenters. The number of fused-ring (bicyclic) bond motifs is 4. The minimum atomic E-state index is -8.05. The average molecular weight is 1130 g/mol. The molecule has 31 heteroatoms. The van der Waals surface area contributed by atoms with E-state index in [-0.39, 0.29) is 0 Å². The first-order chi connectivity index (χ1) is 33.0. The van der Waals surface area contributed by atoms with E-state index in [1.165, 1.54) is 0 Å². The number of halogens is 29. The Morgan fingerprint density at radius 1 is 0.155 bits per heavy atom. The van der Waals surface area contributed by atoms with E-state index in [4.69, 9.17) is 0 Å². The molecule has 0 saturated heterocycles. The van der Waals surface area contributed by atoms with E-state index in [0.29, 0.717) is 0 Å². The average Bonchev–Trinajstić information content (AvgIpc) is 3.34. The van der Waals surface area contributed by atoms with Crippen LogP contribution in [0.1, 0.15) is 0 Å². The molecule has 0 atom stereocenters. The maximum atomic E-state index is 17.3. The third kappa shape index (κ3) is 6.57. The summed E-state index contributed by atoms with van der Waals surface area (Å²) in [6.45, 7) is 0. The van der Waals surface area contributed by atoms with Crippen LogP contribution in [0.4, 0.5) is 123 Å². The Morgan fingerprint density at radius 2 is 0.254 bits per heavy atom. The van der Waals surface area contributed by atoms with E-state index < -0.39 is 234 Å². The van der Waals surface area contributed by atoms with Gasteiger partial charge in [0.2, 0.25) is 0 Å². The van der Waals surface area contributed by atoms with E-state index in [1.54, 1.807) is 19.5 Å². The number of benzene rings is 8. The Balaban J connectivity index is 0.00000366. The topological polar surface area (TPSA) is 0 Å². The molecule has 0 fully saturated rings. The second kappa shape index (κ2) is 17.7. The van der Waals surface area contributed by atoms with Crippen molar-refractivity contribution in [2.75, 3.05) is 0 Å². The maximum absolute atomic E-state index is 17.3.